The molecule has 0 fully saturated rings. The van der Waals surface area contributed by atoms with E-state index >= 15 is 0 Å². The van der Waals surface area contributed by atoms with Gasteiger partial charge in [0.05, 0.1) is 9.85 Å². The first-order chi connectivity index (χ1) is 9.99. The van der Waals surface area contributed by atoms with Gasteiger partial charge < -0.3 is 5.32 Å². The summed E-state index contributed by atoms with van der Waals surface area (Å²) in [5, 5.41) is 24.6. The van der Waals surface area contributed by atoms with E-state index in [0.717, 1.165) is 5.56 Å². The van der Waals surface area contributed by atoms with Crippen LogP contribution in [0.4, 0.5) is 17.1 Å². The summed E-state index contributed by atoms with van der Waals surface area (Å²) in [6.07, 6.45) is 0. The molecule has 0 saturated heterocycles. The number of benzene rings is 2. The Morgan fingerprint density at radius 2 is 1.67 bits per heavy atom. The summed E-state index contributed by atoms with van der Waals surface area (Å²) in [6.45, 7) is 2.03. The molecule has 0 aromatic heterocycles. The number of aryl methyl sites for hydroxylation is 1. The molecule has 2 rings (SSSR count). The molecule has 1 N–H and O–H groups in total. The van der Waals surface area contributed by atoms with Gasteiger partial charge in [0.2, 0.25) is 0 Å². The minimum atomic E-state index is -0.470. The largest absolute Gasteiger partial charge is 0.375 e. The summed E-state index contributed by atoms with van der Waals surface area (Å²) in [5.74, 6) is 0. The molecule has 0 aliphatic heterocycles. The molecule has 0 aliphatic rings. The fourth-order valence-electron chi connectivity index (χ4n) is 1.98. The number of nitro benzene ring substituents is 2. The number of para-hydroxylation sites is 1. The van der Waals surface area contributed by atoms with Crippen LogP contribution in [0, 0.1) is 27.2 Å². The van der Waals surface area contributed by atoms with Crippen molar-refractivity contribution in [2.24, 2.45) is 0 Å². The Hall–Kier alpha value is -2.96. The number of hydrogen-bond acceptors (Lipinski definition) is 5. The first kappa shape index (κ1) is 14.4. The monoisotopic (exact) mass is 287 g/mol. The summed E-state index contributed by atoms with van der Waals surface area (Å²) >= 11 is 0. The Morgan fingerprint density at radius 3 is 2.24 bits per heavy atom. The fourth-order valence-corrected chi connectivity index (χ4v) is 1.98. The highest BCUT2D eigenvalue weighted by Gasteiger charge is 2.16. The van der Waals surface area contributed by atoms with Gasteiger partial charge in [0.25, 0.3) is 11.4 Å². The third kappa shape index (κ3) is 3.33. The van der Waals surface area contributed by atoms with Crippen molar-refractivity contribution in [3.8, 4) is 0 Å². The highest BCUT2D eigenvalue weighted by molar-refractivity contribution is 5.65. The SMILES string of the molecule is Cc1cccc(NCc2ccc([N+](=O)[O-])cc2)c1[N+](=O)[O-]. The average molecular weight is 287 g/mol. The van der Waals surface area contributed by atoms with Gasteiger partial charge in [0.15, 0.2) is 0 Å². The number of rotatable bonds is 5. The summed E-state index contributed by atoms with van der Waals surface area (Å²) in [5.41, 5.74) is 1.86. The molecule has 108 valence electrons. The predicted octanol–water partition coefficient (Wildman–Crippen LogP) is 3.42. The Labute approximate surface area is 120 Å². The van der Waals surface area contributed by atoms with Crippen LogP contribution in [0.25, 0.3) is 0 Å². The predicted molar refractivity (Wildman–Crippen MR) is 78.3 cm³/mol. The highest BCUT2D eigenvalue weighted by atomic mass is 16.6. The van der Waals surface area contributed by atoms with E-state index in [2.05, 4.69) is 5.32 Å². The van der Waals surface area contributed by atoms with Crippen LogP contribution in [0.1, 0.15) is 11.1 Å². The number of hydrogen-bond donors (Lipinski definition) is 1. The zero-order chi connectivity index (χ0) is 15.4. The maximum atomic E-state index is 11.1. The maximum Gasteiger partial charge on any atom is 0.295 e. The van der Waals surface area contributed by atoms with Gasteiger partial charge in [-0.15, -0.1) is 0 Å². The van der Waals surface area contributed by atoms with Crippen LogP contribution in [0.2, 0.25) is 0 Å². The number of nitrogens with zero attached hydrogens (tertiary/aromatic N) is 2. The fraction of sp³-hybridized carbons (Fsp3) is 0.143. The van der Waals surface area contributed by atoms with E-state index in [4.69, 9.17) is 0 Å². The molecule has 0 amide bonds. The van der Waals surface area contributed by atoms with Crippen molar-refractivity contribution < 1.29 is 9.85 Å². The van der Waals surface area contributed by atoms with E-state index in [1.54, 1.807) is 37.3 Å². The molecule has 0 saturated carbocycles. The van der Waals surface area contributed by atoms with E-state index in [1.807, 2.05) is 0 Å². The van der Waals surface area contributed by atoms with E-state index in [0.29, 0.717) is 17.8 Å². The van der Waals surface area contributed by atoms with Crippen LogP contribution in [-0.2, 0) is 6.54 Å². The molecule has 0 atom stereocenters. The van der Waals surface area contributed by atoms with Crippen LogP contribution in [0.15, 0.2) is 42.5 Å². The summed E-state index contributed by atoms with van der Waals surface area (Å²) in [7, 11) is 0. The summed E-state index contributed by atoms with van der Waals surface area (Å²) in [4.78, 5) is 20.7. The van der Waals surface area contributed by atoms with Gasteiger partial charge in [-0.2, -0.15) is 0 Å². The second-order valence-electron chi connectivity index (χ2n) is 4.51. The first-order valence-electron chi connectivity index (χ1n) is 6.20. The normalized spacial score (nSPS) is 10.1. The number of non-ortho nitro benzene ring substituents is 1. The molecule has 7 nitrogen and oxygen atoms in total. The standard InChI is InChI=1S/C14H13N3O4/c1-10-3-2-4-13(14(10)17(20)21)15-9-11-5-7-12(8-6-11)16(18)19/h2-8,15H,9H2,1H3. The van der Waals surface area contributed by atoms with Gasteiger partial charge in [-0.25, -0.2) is 0 Å². The lowest BCUT2D eigenvalue weighted by atomic mass is 10.1. The summed E-state index contributed by atoms with van der Waals surface area (Å²) in [6, 6.07) is 11.1. The lowest BCUT2D eigenvalue weighted by molar-refractivity contribution is -0.384. The van der Waals surface area contributed by atoms with Crippen molar-refractivity contribution in [2.75, 3.05) is 5.32 Å². The van der Waals surface area contributed by atoms with Gasteiger partial charge in [-0.1, -0.05) is 24.3 Å². The Morgan fingerprint density at radius 1 is 1.00 bits per heavy atom. The van der Waals surface area contributed by atoms with Crippen LogP contribution in [0.5, 0.6) is 0 Å². The number of anilines is 1. The molecular weight excluding hydrogens is 274 g/mol. The molecule has 0 bridgehead atoms. The first-order valence-corrected chi connectivity index (χ1v) is 6.20. The molecule has 2 aromatic rings. The van der Waals surface area contributed by atoms with Crippen LogP contribution in [0.3, 0.4) is 0 Å². The van der Waals surface area contributed by atoms with Gasteiger partial charge in [0, 0.05) is 24.2 Å². The minimum absolute atomic E-state index is 0.0142. The van der Waals surface area contributed by atoms with Crippen molar-refractivity contribution >= 4 is 17.1 Å². The number of nitrogens with one attached hydrogen (secondary N) is 1. The van der Waals surface area contributed by atoms with Crippen LogP contribution >= 0.6 is 0 Å². The maximum absolute atomic E-state index is 11.1. The Bertz CT molecular complexity index is 683. The van der Waals surface area contributed by atoms with Gasteiger partial charge in [0.1, 0.15) is 5.69 Å². The van der Waals surface area contributed by atoms with Gasteiger partial charge >= 0.3 is 0 Å². The van der Waals surface area contributed by atoms with Gasteiger partial charge in [-0.05, 0) is 18.6 Å². The summed E-state index contributed by atoms with van der Waals surface area (Å²) < 4.78 is 0. The number of nitro groups is 2. The molecule has 0 aliphatic carbocycles. The molecule has 2 aromatic carbocycles. The molecule has 0 radical (unpaired) electrons. The van der Waals surface area contributed by atoms with E-state index in [1.165, 1.54) is 12.1 Å². The van der Waals surface area contributed by atoms with Crippen molar-refractivity contribution in [3.05, 3.63) is 73.8 Å². The van der Waals surface area contributed by atoms with Crippen molar-refractivity contribution in [1.82, 2.24) is 0 Å². The zero-order valence-electron chi connectivity index (χ0n) is 11.3. The quantitative estimate of drug-likeness (QED) is 0.671. The smallest absolute Gasteiger partial charge is 0.295 e. The molecular formula is C14H13N3O4. The average Bonchev–Trinajstić information content (AvgIpc) is 2.45. The van der Waals surface area contributed by atoms with E-state index in [-0.39, 0.29) is 11.4 Å². The van der Waals surface area contributed by atoms with Crippen molar-refractivity contribution in [3.63, 3.8) is 0 Å². The third-order valence-electron chi connectivity index (χ3n) is 3.05. The molecule has 21 heavy (non-hydrogen) atoms. The molecule has 0 unspecified atom stereocenters. The van der Waals surface area contributed by atoms with E-state index < -0.39 is 9.85 Å². The zero-order valence-corrected chi connectivity index (χ0v) is 11.3. The Balaban J connectivity index is 2.15. The van der Waals surface area contributed by atoms with Crippen LogP contribution in [-0.4, -0.2) is 9.85 Å². The molecule has 0 spiro atoms. The highest BCUT2D eigenvalue weighted by Crippen LogP contribution is 2.28. The second-order valence-corrected chi connectivity index (χ2v) is 4.51. The van der Waals surface area contributed by atoms with Crippen LogP contribution < -0.4 is 5.32 Å². The lowest BCUT2D eigenvalue weighted by Gasteiger charge is -2.08. The molecule has 7 heteroatoms. The second kappa shape index (κ2) is 6.00. The van der Waals surface area contributed by atoms with Gasteiger partial charge in [-0.3, -0.25) is 20.2 Å². The minimum Gasteiger partial charge on any atom is -0.375 e. The molecule has 0 heterocycles. The van der Waals surface area contributed by atoms with Crippen molar-refractivity contribution in [2.45, 2.75) is 13.5 Å². The van der Waals surface area contributed by atoms with Crippen molar-refractivity contribution in [1.29, 1.82) is 0 Å². The lowest BCUT2D eigenvalue weighted by Crippen LogP contribution is -2.03. The topological polar surface area (TPSA) is 98.3 Å². The Kier molecular flexibility index (Phi) is 4.13. The van der Waals surface area contributed by atoms with E-state index in [9.17, 15) is 20.2 Å². The third-order valence-corrected chi connectivity index (χ3v) is 3.05.